The zero-order valence-electron chi connectivity index (χ0n) is 37.9. The van der Waals surface area contributed by atoms with Crippen molar-refractivity contribution in [2.24, 2.45) is 0 Å². The first-order valence-corrected chi connectivity index (χ1v) is 22.5. The molecule has 0 saturated heterocycles. The fourth-order valence-electron chi connectivity index (χ4n) is 11.4. The maximum atomic E-state index is 2.77. The van der Waals surface area contributed by atoms with Crippen molar-refractivity contribution in [1.82, 2.24) is 0 Å². The fraction of sp³-hybridized carbons (Fsp3) is 0.357. The van der Waals surface area contributed by atoms with Gasteiger partial charge in [-0.15, -0.1) is 0 Å². The molecule has 4 heteroatoms. The minimum absolute atomic E-state index is 0.0482. The van der Waals surface area contributed by atoms with Gasteiger partial charge in [0, 0.05) is 50.9 Å². The first-order valence-electron chi connectivity index (χ1n) is 22.5. The molecule has 304 valence electrons. The molecule has 1 fully saturated rings. The third-order valence-electron chi connectivity index (χ3n) is 15.1. The van der Waals surface area contributed by atoms with E-state index in [1.165, 1.54) is 110 Å². The average Bonchev–Trinajstić information content (AvgIpc) is 3.42. The van der Waals surface area contributed by atoms with E-state index >= 15 is 0 Å². The van der Waals surface area contributed by atoms with Crippen LogP contribution in [0.25, 0.3) is 0 Å². The number of anilines is 8. The highest BCUT2D eigenvalue weighted by atomic mass is 15.3. The van der Waals surface area contributed by atoms with Gasteiger partial charge in [-0.05, 0) is 135 Å². The van der Waals surface area contributed by atoms with Crippen LogP contribution in [-0.4, -0.2) is 12.3 Å². The van der Waals surface area contributed by atoms with Crippen molar-refractivity contribution in [2.75, 3.05) is 14.7 Å². The lowest BCUT2D eigenvalue weighted by Gasteiger charge is -2.50. The highest BCUT2D eigenvalue weighted by Gasteiger charge is 2.58. The van der Waals surface area contributed by atoms with Gasteiger partial charge < -0.3 is 14.7 Å². The predicted molar refractivity (Wildman–Crippen MR) is 259 cm³/mol. The fourth-order valence-corrected chi connectivity index (χ4v) is 11.4. The summed E-state index contributed by atoms with van der Waals surface area (Å²) in [5, 5.41) is 0. The molecular formula is C56H62BN3. The monoisotopic (exact) mass is 788 g/mol. The van der Waals surface area contributed by atoms with Gasteiger partial charge in [-0.25, -0.2) is 0 Å². The van der Waals surface area contributed by atoms with Crippen molar-refractivity contribution in [1.29, 1.82) is 0 Å². The molecule has 6 aromatic rings. The number of hydrogen-bond acceptors (Lipinski definition) is 3. The molecule has 2 unspecified atom stereocenters. The lowest BCUT2D eigenvalue weighted by molar-refractivity contribution is 0.195. The zero-order valence-corrected chi connectivity index (χ0v) is 37.9. The Morgan fingerprint density at radius 3 is 1.67 bits per heavy atom. The molecule has 60 heavy (non-hydrogen) atoms. The number of hydrogen-bond donors (Lipinski definition) is 0. The van der Waals surface area contributed by atoms with Crippen molar-refractivity contribution in [2.45, 2.75) is 129 Å². The maximum Gasteiger partial charge on any atom is 0.252 e. The molecule has 2 atom stereocenters. The topological polar surface area (TPSA) is 9.72 Å². The van der Waals surface area contributed by atoms with Gasteiger partial charge in [-0.1, -0.05) is 149 Å². The van der Waals surface area contributed by atoms with Crippen LogP contribution in [0.15, 0.2) is 127 Å². The molecule has 0 radical (unpaired) electrons. The van der Waals surface area contributed by atoms with Gasteiger partial charge in [0.2, 0.25) is 0 Å². The van der Waals surface area contributed by atoms with Crippen LogP contribution in [0.3, 0.4) is 0 Å². The van der Waals surface area contributed by atoms with Crippen LogP contribution in [0.4, 0.5) is 45.5 Å². The van der Waals surface area contributed by atoms with E-state index in [0.717, 1.165) is 0 Å². The van der Waals surface area contributed by atoms with Crippen molar-refractivity contribution in [3.05, 3.63) is 150 Å². The van der Waals surface area contributed by atoms with E-state index in [2.05, 4.69) is 218 Å². The molecule has 6 aromatic carbocycles. The van der Waals surface area contributed by atoms with Crippen LogP contribution in [0, 0.1) is 0 Å². The number of fused-ring (bicyclic) bond motifs is 7. The van der Waals surface area contributed by atoms with Gasteiger partial charge in [-0.3, -0.25) is 0 Å². The first kappa shape index (κ1) is 39.0. The van der Waals surface area contributed by atoms with Crippen molar-refractivity contribution in [3.8, 4) is 0 Å². The van der Waals surface area contributed by atoms with E-state index in [4.69, 9.17) is 0 Å². The van der Waals surface area contributed by atoms with Gasteiger partial charge >= 0.3 is 0 Å². The van der Waals surface area contributed by atoms with Gasteiger partial charge in [0.25, 0.3) is 6.71 Å². The molecule has 10 rings (SSSR count). The third-order valence-corrected chi connectivity index (χ3v) is 15.1. The molecule has 3 aliphatic heterocycles. The molecule has 1 saturated carbocycles. The average molecular weight is 788 g/mol. The highest BCUT2D eigenvalue weighted by Crippen LogP contribution is 2.61. The normalized spacial score (nSPS) is 20.6. The summed E-state index contributed by atoms with van der Waals surface area (Å²) >= 11 is 0. The summed E-state index contributed by atoms with van der Waals surface area (Å²) in [4.78, 5) is 7.92. The Kier molecular flexibility index (Phi) is 8.53. The van der Waals surface area contributed by atoms with E-state index in [9.17, 15) is 0 Å². The minimum Gasteiger partial charge on any atom is -0.334 e. The van der Waals surface area contributed by atoms with Crippen LogP contribution >= 0.6 is 0 Å². The van der Waals surface area contributed by atoms with Crippen molar-refractivity contribution < 1.29 is 0 Å². The third kappa shape index (κ3) is 5.69. The van der Waals surface area contributed by atoms with E-state index in [1.54, 1.807) is 0 Å². The number of nitrogens with zero attached hydrogens (tertiary/aromatic N) is 3. The van der Waals surface area contributed by atoms with Crippen molar-refractivity contribution >= 4 is 68.6 Å². The largest absolute Gasteiger partial charge is 0.334 e. The summed E-state index contributed by atoms with van der Waals surface area (Å²) < 4.78 is 0. The molecule has 0 aromatic heterocycles. The van der Waals surface area contributed by atoms with Crippen LogP contribution in [0.5, 0.6) is 0 Å². The van der Waals surface area contributed by atoms with Crippen LogP contribution < -0.4 is 31.1 Å². The second-order valence-corrected chi connectivity index (χ2v) is 21.8. The Labute approximate surface area is 360 Å². The van der Waals surface area contributed by atoms with Gasteiger partial charge in [0.1, 0.15) is 0 Å². The van der Waals surface area contributed by atoms with Crippen LogP contribution in [0.1, 0.15) is 124 Å². The Bertz CT molecular complexity index is 2660. The summed E-state index contributed by atoms with van der Waals surface area (Å²) in [7, 11) is 0. The molecule has 0 amide bonds. The summed E-state index contributed by atoms with van der Waals surface area (Å²) in [6.45, 7) is 26.3. The molecular weight excluding hydrogens is 725 g/mol. The Morgan fingerprint density at radius 1 is 0.450 bits per heavy atom. The summed E-state index contributed by atoms with van der Waals surface area (Å²) in [6, 6.07) is 49.6. The first-order chi connectivity index (χ1) is 28.4. The molecule has 3 heterocycles. The SMILES string of the molecule is CC(C)(C)c1ccc(N2c3cc(N4c5ccc(C(C)(C)C)cc5C5(C)CCCCC45C)ccc3B3c4ccccc4N(c4ccccc4)c4cc(C(C)(C)C)cc2c43)cc1. The lowest BCUT2D eigenvalue weighted by Crippen LogP contribution is -2.61. The molecule has 0 bridgehead atoms. The second-order valence-electron chi connectivity index (χ2n) is 21.8. The second kappa shape index (κ2) is 13.1. The molecule has 0 spiro atoms. The van der Waals surface area contributed by atoms with Gasteiger partial charge in [-0.2, -0.15) is 0 Å². The van der Waals surface area contributed by atoms with E-state index in [0.29, 0.717) is 0 Å². The van der Waals surface area contributed by atoms with E-state index < -0.39 is 0 Å². The Balaban J connectivity index is 1.26. The van der Waals surface area contributed by atoms with Gasteiger partial charge in [0.15, 0.2) is 0 Å². The van der Waals surface area contributed by atoms with E-state index in [-0.39, 0.29) is 33.9 Å². The van der Waals surface area contributed by atoms with Crippen molar-refractivity contribution in [3.63, 3.8) is 0 Å². The van der Waals surface area contributed by atoms with E-state index in [1.807, 2.05) is 0 Å². The Hall–Kier alpha value is -5.22. The van der Waals surface area contributed by atoms with Gasteiger partial charge in [0.05, 0.1) is 5.54 Å². The zero-order chi connectivity index (χ0) is 42.1. The number of benzene rings is 6. The summed E-state index contributed by atoms with van der Waals surface area (Å²) in [5.41, 5.74) is 19.9. The highest BCUT2D eigenvalue weighted by molar-refractivity contribution is 7.00. The molecule has 0 N–H and O–H groups in total. The molecule has 1 aliphatic carbocycles. The lowest BCUT2D eigenvalue weighted by atomic mass is 9.33. The summed E-state index contributed by atoms with van der Waals surface area (Å²) in [6.07, 6.45) is 4.91. The quantitative estimate of drug-likeness (QED) is 0.165. The van der Waals surface area contributed by atoms with Crippen LogP contribution in [-0.2, 0) is 21.7 Å². The standard InChI is InChI=1S/C56H62BN3/c1-52(2,3)37-23-26-41(27-24-37)59-48-36-42(60-46-30-25-38(53(4,5)6)33-43(46)55(10)31-17-18-32-56(55,60)11)28-29-45(48)57-44-21-15-16-22-47(44)58(40-19-13-12-14-20-40)49-34-39(54(7,8)9)35-50(59)51(49)57/h12-16,19-30,33-36H,17-18,31-32H2,1-11H3. The summed E-state index contributed by atoms with van der Waals surface area (Å²) in [5.74, 6) is 0. The minimum atomic E-state index is -0.0740. The molecule has 3 nitrogen and oxygen atoms in total. The van der Waals surface area contributed by atoms with Crippen LogP contribution in [0.2, 0.25) is 0 Å². The molecule has 4 aliphatic rings. The Morgan fingerprint density at radius 2 is 1.00 bits per heavy atom. The predicted octanol–water partition coefficient (Wildman–Crippen LogP) is 13.4. The maximum absolute atomic E-state index is 2.77. The number of para-hydroxylation sites is 2. The smallest absolute Gasteiger partial charge is 0.252 e. The number of rotatable bonds is 3.